The van der Waals surface area contributed by atoms with Crippen molar-refractivity contribution in [3.05, 3.63) is 72.0 Å². The molecule has 2 N–H and O–H groups in total. The van der Waals surface area contributed by atoms with E-state index >= 15 is 0 Å². The van der Waals surface area contributed by atoms with E-state index in [0.717, 1.165) is 0 Å². The number of hydrogen-bond acceptors (Lipinski definition) is 8. The predicted octanol–water partition coefficient (Wildman–Crippen LogP) is 2.58. The summed E-state index contributed by atoms with van der Waals surface area (Å²) in [5.41, 5.74) is 0.397. The van der Waals surface area contributed by atoms with E-state index in [1.54, 1.807) is 37.3 Å². The topological polar surface area (TPSA) is 137 Å². The lowest BCUT2D eigenvalue weighted by molar-refractivity contribution is -0.156. The first-order chi connectivity index (χ1) is 15.7. The van der Waals surface area contributed by atoms with Crippen molar-refractivity contribution in [3.63, 3.8) is 0 Å². The summed E-state index contributed by atoms with van der Waals surface area (Å²) in [6, 6.07) is 14.2. The van der Waals surface area contributed by atoms with Crippen molar-refractivity contribution in [2.45, 2.75) is 30.9 Å². The van der Waals surface area contributed by atoms with E-state index in [1.165, 1.54) is 44.4 Å². The Kier molecular flexibility index (Phi) is 7.46. The lowest BCUT2D eigenvalue weighted by Gasteiger charge is -2.20. The Morgan fingerprint density at radius 3 is 2.30 bits per heavy atom. The van der Waals surface area contributed by atoms with Gasteiger partial charge in [0.1, 0.15) is 17.6 Å². The van der Waals surface area contributed by atoms with Crippen molar-refractivity contribution < 1.29 is 32.0 Å². The maximum Gasteiger partial charge on any atom is 0.325 e. The zero-order chi connectivity index (χ0) is 24.0. The smallest absolute Gasteiger partial charge is 0.325 e. The fourth-order valence-electron chi connectivity index (χ4n) is 2.84. The molecule has 0 aliphatic carbocycles. The summed E-state index contributed by atoms with van der Waals surface area (Å²) in [5.74, 6) is -0.483. The molecule has 10 nitrogen and oxygen atoms in total. The monoisotopic (exact) mass is 473 g/mol. The molecule has 0 aliphatic heterocycles. The number of sulfonamides is 1. The fraction of sp³-hybridized carbons (Fsp3) is 0.227. The third-order valence-electron chi connectivity index (χ3n) is 4.51. The summed E-state index contributed by atoms with van der Waals surface area (Å²) >= 11 is 0. The molecule has 33 heavy (non-hydrogen) atoms. The number of hydrogen-bond donors (Lipinski definition) is 2. The van der Waals surface area contributed by atoms with Gasteiger partial charge in [-0.2, -0.15) is 4.72 Å². The second kappa shape index (κ2) is 10.3. The molecular formula is C22H23N3O7S. The van der Waals surface area contributed by atoms with Crippen LogP contribution in [0.4, 0.5) is 5.82 Å². The van der Waals surface area contributed by atoms with Crippen LogP contribution in [0.2, 0.25) is 0 Å². The number of ether oxygens (including phenoxy) is 2. The van der Waals surface area contributed by atoms with E-state index in [9.17, 15) is 18.0 Å². The van der Waals surface area contributed by atoms with Gasteiger partial charge >= 0.3 is 5.97 Å². The number of nitrogens with one attached hydrogen (secondary N) is 2. The molecule has 174 valence electrons. The molecular weight excluding hydrogens is 450 g/mol. The van der Waals surface area contributed by atoms with Crippen molar-refractivity contribution in [2.75, 3.05) is 12.4 Å². The first kappa shape index (κ1) is 24.0. The summed E-state index contributed by atoms with van der Waals surface area (Å²) in [4.78, 5) is 25.5. The van der Waals surface area contributed by atoms with Crippen LogP contribution in [-0.2, 0) is 24.3 Å². The highest BCUT2D eigenvalue weighted by Crippen LogP contribution is 2.21. The Labute approximate surface area is 190 Å². The van der Waals surface area contributed by atoms with Crippen molar-refractivity contribution >= 4 is 27.7 Å². The molecule has 1 heterocycles. The van der Waals surface area contributed by atoms with Crippen LogP contribution in [0.5, 0.6) is 5.75 Å². The average molecular weight is 474 g/mol. The van der Waals surface area contributed by atoms with Gasteiger partial charge < -0.3 is 19.3 Å². The van der Waals surface area contributed by atoms with Gasteiger partial charge in [-0.25, -0.2) is 8.42 Å². The average Bonchev–Trinajstić information content (AvgIpc) is 3.21. The van der Waals surface area contributed by atoms with Gasteiger partial charge in [-0.3, -0.25) is 9.59 Å². The summed E-state index contributed by atoms with van der Waals surface area (Å²) in [7, 11) is -2.56. The van der Waals surface area contributed by atoms with Crippen molar-refractivity contribution in [1.29, 1.82) is 0 Å². The first-order valence-corrected chi connectivity index (χ1v) is 11.3. The molecule has 1 aromatic heterocycles. The van der Waals surface area contributed by atoms with E-state index in [4.69, 9.17) is 14.0 Å². The van der Waals surface area contributed by atoms with Gasteiger partial charge in [-0.05, 0) is 38.1 Å². The van der Waals surface area contributed by atoms with Crippen LogP contribution in [0.15, 0.2) is 70.1 Å². The zero-order valence-electron chi connectivity index (χ0n) is 18.1. The number of aryl methyl sites for hydroxylation is 1. The molecule has 0 saturated heterocycles. The Balaban J connectivity index is 1.74. The number of carbonyl (C=O) groups is 2. The quantitative estimate of drug-likeness (QED) is 0.453. The highest BCUT2D eigenvalue weighted by atomic mass is 32.2. The minimum atomic E-state index is -4.03. The lowest BCUT2D eigenvalue weighted by Crippen LogP contribution is -2.41. The maximum atomic E-state index is 12.8. The lowest BCUT2D eigenvalue weighted by atomic mass is 10.1. The van der Waals surface area contributed by atoms with Gasteiger partial charge in [0.2, 0.25) is 16.1 Å². The number of esters is 1. The highest BCUT2D eigenvalue weighted by molar-refractivity contribution is 7.89. The van der Waals surface area contributed by atoms with E-state index in [1.807, 2.05) is 0 Å². The minimum Gasteiger partial charge on any atom is -0.497 e. The van der Waals surface area contributed by atoms with Gasteiger partial charge in [0.05, 0.1) is 12.0 Å². The second-order valence-corrected chi connectivity index (χ2v) is 8.77. The van der Waals surface area contributed by atoms with E-state index in [0.29, 0.717) is 17.1 Å². The van der Waals surface area contributed by atoms with Crippen LogP contribution in [0.3, 0.4) is 0 Å². The molecule has 3 aromatic rings. The molecule has 11 heteroatoms. The molecule has 2 aromatic carbocycles. The molecule has 3 rings (SSSR count). The van der Waals surface area contributed by atoms with Crippen LogP contribution >= 0.6 is 0 Å². The van der Waals surface area contributed by atoms with E-state index in [-0.39, 0.29) is 10.7 Å². The van der Waals surface area contributed by atoms with E-state index in [2.05, 4.69) is 15.2 Å². The standard InChI is InChI=1S/C22H23N3O7S/c1-14-13-19(24-32-14)23-21(26)20(16-7-5-4-6-8-16)31-22(27)15(2)25-33(28,29)18-11-9-17(30-3)10-12-18/h4-13,15,20,25H,1-3H3,(H,23,24,26)/t15-,20?/m0/s1. The number of methoxy groups -OCH3 is 1. The number of benzene rings is 2. The second-order valence-electron chi connectivity index (χ2n) is 7.06. The Morgan fingerprint density at radius 2 is 1.73 bits per heavy atom. The number of nitrogens with zero attached hydrogens (tertiary/aromatic N) is 1. The molecule has 1 unspecified atom stereocenters. The summed E-state index contributed by atoms with van der Waals surface area (Å²) in [5, 5.41) is 6.21. The Bertz CT molecular complexity index is 1210. The summed E-state index contributed by atoms with van der Waals surface area (Å²) in [6.45, 7) is 2.98. The number of carbonyl (C=O) groups excluding carboxylic acids is 2. The molecule has 0 aliphatic rings. The third kappa shape index (κ3) is 6.18. The highest BCUT2D eigenvalue weighted by Gasteiger charge is 2.30. The van der Waals surface area contributed by atoms with Gasteiger partial charge in [0, 0.05) is 11.6 Å². The molecule has 0 saturated carbocycles. The summed E-state index contributed by atoms with van der Waals surface area (Å²) in [6.07, 6.45) is -1.34. The van der Waals surface area contributed by atoms with Gasteiger partial charge in [0.15, 0.2) is 5.82 Å². The number of rotatable bonds is 9. The van der Waals surface area contributed by atoms with Crippen molar-refractivity contribution in [1.82, 2.24) is 9.88 Å². The van der Waals surface area contributed by atoms with Crippen molar-refractivity contribution in [2.24, 2.45) is 0 Å². The number of amides is 1. The van der Waals surface area contributed by atoms with Crippen LogP contribution in [0.25, 0.3) is 0 Å². The van der Waals surface area contributed by atoms with Crippen molar-refractivity contribution in [3.8, 4) is 5.75 Å². The van der Waals surface area contributed by atoms with Crippen LogP contribution in [-0.4, -0.2) is 38.6 Å². The van der Waals surface area contributed by atoms with Crippen LogP contribution in [0, 0.1) is 6.92 Å². The number of anilines is 1. The SMILES string of the molecule is COc1ccc(S(=O)(=O)N[C@@H](C)C(=O)OC(C(=O)Nc2cc(C)on2)c2ccccc2)cc1. The fourth-order valence-corrected chi connectivity index (χ4v) is 4.03. The van der Waals surface area contributed by atoms with Crippen LogP contribution < -0.4 is 14.8 Å². The van der Waals surface area contributed by atoms with Gasteiger partial charge in [-0.1, -0.05) is 35.5 Å². The Morgan fingerprint density at radius 1 is 1.06 bits per heavy atom. The maximum absolute atomic E-state index is 12.8. The van der Waals surface area contributed by atoms with Gasteiger partial charge in [0.25, 0.3) is 5.91 Å². The predicted molar refractivity (Wildman–Crippen MR) is 118 cm³/mol. The summed E-state index contributed by atoms with van der Waals surface area (Å²) < 4.78 is 42.8. The largest absolute Gasteiger partial charge is 0.497 e. The van der Waals surface area contributed by atoms with Gasteiger partial charge in [-0.15, -0.1) is 0 Å². The molecule has 0 radical (unpaired) electrons. The first-order valence-electron chi connectivity index (χ1n) is 9.85. The van der Waals surface area contributed by atoms with E-state index < -0.39 is 34.0 Å². The molecule has 0 fully saturated rings. The number of aromatic nitrogens is 1. The molecule has 0 spiro atoms. The normalized spacial score (nSPS) is 13.1. The minimum absolute atomic E-state index is 0.0540. The third-order valence-corrected chi connectivity index (χ3v) is 6.07. The Hall–Kier alpha value is -3.70. The molecule has 2 atom stereocenters. The van der Waals surface area contributed by atoms with Crippen LogP contribution in [0.1, 0.15) is 24.4 Å². The molecule has 0 bridgehead atoms. The zero-order valence-corrected chi connectivity index (χ0v) is 19.0. The molecule has 1 amide bonds.